The van der Waals surface area contributed by atoms with Crippen LogP contribution in [-0.2, 0) is 11.3 Å². The number of nitrogens with zero attached hydrogens (tertiary/aromatic N) is 8. The lowest BCUT2D eigenvalue weighted by Gasteiger charge is -2.46. The van der Waals surface area contributed by atoms with Gasteiger partial charge in [0.1, 0.15) is 42.3 Å². The van der Waals surface area contributed by atoms with Gasteiger partial charge in [0, 0.05) is 49.2 Å². The minimum Gasteiger partial charge on any atom is -0.493 e. The standard InChI is InChI=1S/C38H48F2N8O4/c1-4-34(27(2)49)48-36(50)47(26-43-48)32-7-5-30(6-8-32)44-15-17-45(18-16-44)31-9-11-33(12-10-31)51-21-28-20-38(52-22-28,23-46-25-41-24-42-46)37(3)14-13-29(39)19-35(37)40/h5-14,19,24-28,34-36,49-50H,4,15-18,20-23H2,1-3H3/t27-,28+,34-,35?,36?,37?,38-/m0/s1. The van der Waals surface area contributed by atoms with E-state index in [2.05, 4.69) is 49.2 Å². The third kappa shape index (κ3) is 6.98. The number of allylic oxidation sites excluding steroid dienone is 3. The van der Waals surface area contributed by atoms with Crippen molar-refractivity contribution in [1.82, 2.24) is 19.8 Å². The van der Waals surface area contributed by atoms with Crippen LogP contribution in [0.15, 0.2) is 90.3 Å². The third-order valence-electron chi connectivity index (χ3n) is 11.1. The number of hydrogen-bond acceptors (Lipinski definition) is 11. The number of hydrazone groups is 1. The van der Waals surface area contributed by atoms with Crippen LogP contribution >= 0.6 is 0 Å². The van der Waals surface area contributed by atoms with Gasteiger partial charge in [0.05, 0.1) is 37.3 Å². The summed E-state index contributed by atoms with van der Waals surface area (Å²) in [6.07, 6.45) is 6.60. The summed E-state index contributed by atoms with van der Waals surface area (Å²) in [5.41, 5.74) is 1.02. The van der Waals surface area contributed by atoms with E-state index in [0.29, 0.717) is 26.1 Å². The molecule has 1 aromatic heterocycles. The van der Waals surface area contributed by atoms with Crippen molar-refractivity contribution in [3.63, 3.8) is 0 Å². The van der Waals surface area contributed by atoms with E-state index in [0.717, 1.165) is 55.1 Å². The summed E-state index contributed by atoms with van der Waals surface area (Å²) < 4.78 is 43.7. The normalized spacial score (nSPS) is 28.8. The first-order chi connectivity index (χ1) is 25.1. The monoisotopic (exact) mass is 718 g/mol. The molecule has 2 aromatic carbocycles. The molecule has 52 heavy (non-hydrogen) atoms. The van der Waals surface area contributed by atoms with Gasteiger partial charge in [-0.3, -0.25) is 9.58 Å². The largest absolute Gasteiger partial charge is 0.493 e. The molecular weight excluding hydrogens is 670 g/mol. The van der Waals surface area contributed by atoms with Crippen LogP contribution in [-0.4, -0.2) is 106 Å². The van der Waals surface area contributed by atoms with Crippen LogP contribution in [0.3, 0.4) is 0 Å². The maximum Gasteiger partial charge on any atom is 0.228 e. The Morgan fingerprint density at radius 3 is 2.27 bits per heavy atom. The second-order valence-electron chi connectivity index (χ2n) is 14.4. The van der Waals surface area contributed by atoms with Crippen molar-refractivity contribution in [3.8, 4) is 5.75 Å². The number of benzene rings is 2. The zero-order valence-electron chi connectivity index (χ0n) is 29.9. The summed E-state index contributed by atoms with van der Waals surface area (Å²) in [7, 11) is 0. The molecule has 3 aliphatic heterocycles. The summed E-state index contributed by atoms with van der Waals surface area (Å²) in [6, 6.07) is 16.0. The van der Waals surface area contributed by atoms with E-state index < -0.39 is 35.5 Å². The smallest absolute Gasteiger partial charge is 0.228 e. The number of aromatic nitrogens is 3. The van der Waals surface area contributed by atoms with E-state index in [-0.39, 0.29) is 18.5 Å². The van der Waals surface area contributed by atoms with Crippen molar-refractivity contribution in [2.45, 2.75) is 70.4 Å². The predicted octanol–water partition coefficient (Wildman–Crippen LogP) is 4.73. The van der Waals surface area contributed by atoms with Gasteiger partial charge in [0.15, 0.2) is 0 Å². The Balaban J connectivity index is 0.908. The van der Waals surface area contributed by atoms with E-state index in [1.54, 1.807) is 47.2 Å². The average molecular weight is 719 g/mol. The Hall–Kier alpha value is -4.53. The SMILES string of the molecule is CC[C@@H]([C@H](C)O)N1N=CN(c2ccc(N3CCN(c4ccc(OC[C@@H]5CO[C@@](Cn6cncn6)(C6(C)C=CC(F)=CC6F)C5)cc4)CC3)cc2)C1O. The van der Waals surface area contributed by atoms with Gasteiger partial charge < -0.3 is 29.5 Å². The van der Waals surface area contributed by atoms with Gasteiger partial charge in [0.25, 0.3) is 0 Å². The molecule has 2 fully saturated rings. The summed E-state index contributed by atoms with van der Waals surface area (Å²) in [5.74, 6) is 0.170. The summed E-state index contributed by atoms with van der Waals surface area (Å²) in [6.45, 7) is 9.98. The summed E-state index contributed by atoms with van der Waals surface area (Å²) in [5, 5.41) is 31.1. The molecule has 3 aromatic rings. The van der Waals surface area contributed by atoms with Gasteiger partial charge in [-0.25, -0.2) is 18.8 Å². The predicted molar refractivity (Wildman–Crippen MR) is 196 cm³/mol. The molecule has 3 unspecified atom stereocenters. The van der Waals surface area contributed by atoms with Gasteiger partial charge in [-0.2, -0.15) is 10.2 Å². The number of ether oxygens (including phenoxy) is 2. The van der Waals surface area contributed by atoms with E-state index in [1.165, 1.54) is 12.4 Å². The molecule has 0 saturated carbocycles. The van der Waals surface area contributed by atoms with Crippen molar-refractivity contribution in [2.75, 3.05) is 54.1 Å². The summed E-state index contributed by atoms with van der Waals surface area (Å²) in [4.78, 5) is 10.5. The van der Waals surface area contributed by atoms with Crippen molar-refractivity contribution >= 4 is 23.4 Å². The van der Waals surface area contributed by atoms with Gasteiger partial charge in [0.2, 0.25) is 6.35 Å². The second-order valence-corrected chi connectivity index (χ2v) is 14.4. The number of alkyl halides is 1. The van der Waals surface area contributed by atoms with Crippen molar-refractivity contribution < 1.29 is 28.5 Å². The van der Waals surface area contributed by atoms with Crippen LogP contribution in [0.1, 0.15) is 33.6 Å². The van der Waals surface area contributed by atoms with Crippen molar-refractivity contribution in [2.24, 2.45) is 16.4 Å². The fraction of sp³-hybridized carbons (Fsp3) is 0.500. The highest BCUT2D eigenvalue weighted by molar-refractivity contribution is 5.81. The molecule has 0 radical (unpaired) electrons. The lowest BCUT2D eigenvalue weighted by molar-refractivity contribution is -0.107. The van der Waals surface area contributed by atoms with Crippen molar-refractivity contribution in [1.29, 1.82) is 0 Å². The van der Waals surface area contributed by atoms with E-state index in [9.17, 15) is 14.6 Å². The van der Waals surface area contributed by atoms with Gasteiger partial charge >= 0.3 is 0 Å². The average Bonchev–Trinajstić information content (AvgIpc) is 3.92. The zero-order valence-corrected chi connectivity index (χ0v) is 29.9. The fourth-order valence-corrected chi connectivity index (χ4v) is 7.91. The highest BCUT2D eigenvalue weighted by Crippen LogP contribution is 2.51. The molecule has 4 heterocycles. The number of rotatable bonds is 12. The number of aliphatic hydroxyl groups is 2. The Kier molecular flexibility index (Phi) is 10.2. The van der Waals surface area contributed by atoms with E-state index in [4.69, 9.17) is 9.47 Å². The zero-order chi connectivity index (χ0) is 36.5. The molecule has 0 spiro atoms. The summed E-state index contributed by atoms with van der Waals surface area (Å²) >= 11 is 0. The molecule has 7 rings (SSSR count). The first kappa shape index (κ1) is 35.9. The van der Waals surface area contributed by atoms with Gasteiger partial charge in [-0.05, 0) is 80.4 Å². The lowest BCUT2D eigenvalue weighted by atomic mass is 9.66. The first-order valence-corrected chi connectivity index (χ1v) is 18.1. The van der Waals surface area contributed by atoms with Crippen LogP contribution in [0.4, 0.5) is 25.8 Å². The maximum atomic E-state index is 15.5. The number of piperazine rings is 1. The Morgan fingerprint density at radius 1 is 1.02 bits per heavy atom. The third-order valence-corrected chi connectivity index (χ3v) is 11.1. The second kappa shape index (κ2) is 14.8. The number of hydrogen-bond donors (Lipinski definition) is 2. The number of halogens is 2. The molecular formula is C38H48F2N8O4. The Bertz CT molecular complexity index is 1730. The molecule has 4 aliphatic rings. The van der Waals surface area contributed by atoms with Gasteiger partial charge in [-0.1, -0.05) is 19.9 Å². The Labute approximate surface area is 303 Å². The molecule has 278 valence electrons. The number of anilines is 3. The Morgan fingerprint density at radius 2 is 1.67 bits per heavy atom. The molecule has 2 saturated heterocycles. The minimum atomic E-state index is -1.55. The highest BCUT2D eigenvalue weighted by atomic mass is 19.1. The number of aliphatic hydroxyl groups excluding tert-OH is 2. The van der Waals surface area contributed by atoms with Crippen LogP contribution in [0, 0.1) is 11.3 Å². The minimum absolute atomic E-state index is 0.00487. The van der Waals surface area contributed by atoms with E-state index >= 15 is 4.39 Å². The first-order valence-electron chi connectivity index (χ1n) is 18.1. The van der Waals surface area contributed by atoms with Gasteiger partial charge in [-0.15, -0.1) is 0 Å². The fourth-order valence-electron chi connectivity index (χ4n) is 7.91. The molecule has 0 bridgehead atoms. The molecule has 1 aliphatic carbocycles. The van der Waals surface area contributed by atoms with Crippen LogP contribution in [0.25, 0.3) is 0 Å². The van der Waals surface area contributed by atoms with Crippen LogP contribution in [0.5, 0.6) is 5.75 Å². The molecule has 2 N–H and O–H groups in total. The van der Waals surface area contributed by atoms with E-state index in [1.807, 2.05) is 31.2 Å². The molecule has 14 heteroatoms. The molecule has 0 amide bonds. The van der Waals surface area contributed by atoms with Crippen LogP contribution < -0.4 is 19.4 Å². The van der Waals surface area contributed by atoms with Crippen LogP contribution in [0.2, 0.25) is 0 Å². The maximum absolute atomic E-state index is 15.5. The molecule has 12 nitrogen and oxygen atoms in total. The topological polar surface area (TPSA) is 115 Å². The quantitative estimate of drug-likeness (QED) is 0.273. The van der Waals surface area contributed by atoms with Crippen molar-refractivity contribution in [3.05, 3.63) is 85.2 Å². The lowest BCUT2D eigenvalue weighted by Crippen LogP contribution is -2.53. The highest BCUT2D eigenvalue weighted by Gasteiger charge is 2.57. The molecule has 7 atom stereocenters.